The largest absolute Gasteiger partial charge is 0.349 e. The van der Waals surface area contributed by atoms with E-state index in [2.05, 4.69) is 15.6 Å². The van der Waals surface area contributed by atoms with Gasteiger partial charge in [-0.2, -0.15) is 0 Å². The molecule has 0 aliphatic rings. The van der Waals surface area contributed by atoms with E-state index in [9.17, 15) is 4.79 Å². The zero-order valence-corrected chi connectivity index (χ0v) is 14.4. The average molecular weight is 336 g/mol. The summed E-state index contributed by atoms with van der Waals surface area (Å²) < 4.78 is 1.66. The maximum absolute atomic E-state index is 12.4. The minimum atomic E-state index is -0.483. The van der Waals surface area contributed by atoms with Crippen LogP contribution in [0.25, 0.3) is 5.69 Å². The molecule has 2 rings (SSSR count). The van der Waals surface area contributed by atoms with E-state index in [4.69, 9.17) is 17.3 Å². The van der Waals surface area contributed by atoms with Gasteiger partial charge in [0, 0.05) is 17.1 Å². The first kappa shape index (κ1) is 17.4. The van der Waals surface area contributed by atoms with Crippen LogP contribution in [-0.2, 0) is 6.42 Å². The zero-order chi connectivity index (χ0) is 17.0. The molecule has 0 spiro atoms. The SMILES string of the molecule is CCCc1c(C(=O)NCC(C)(C)N)nnn1-c1cccc(Cl)c1. The molecule has 7 heteroatoms. The van der Waals surface area contributed by atoms with Crippen molar-refractivity contribution in [1.29, 1.82) is 0 Å². The van der Waals surface area contributed by atoms with Crippen LogP contribution in [0.4, 0.5) is 0 Å². The Labute approximate surface area is 141 Å². The molecule has 0 atom stereocenters. The van der Waals surface area contributed by atoms with Crippen molar-refractivity contribution in [3.05, 3.63) is 40.7 Å². The summed E-state index contributed by atoms with van der Waals surface area (Å²) in [4.78, 5) is 12.4. The number of amides is 1. The molecule has 0 aliphatic carbocycles. The van der Waals surface area contributed by atoms with Crippen molar-refractivity contribution < 1.29 is 4.79 Å². The Morgan fingerprint density at radius 1 is 1.43 bits per heavy atom. The number of hydrogen-bond donors (Lipinski definition) is 2. The summed E-state index contributed by atoms with van der Waals surface area (Å²) in [5, 5.41) is 11.6. The van der Waals surface area contributed by atoms with E-state index in [1.165, 1.54) is 0 Å². The van der Waals surface area contributed by atoms with E-state index in [1.807, 2.05) is 32.9 Å². The molecule has 1 heterocycles. The number of carbonyl (C=O) groups excluding carboxylic acids is 1. The van der Waals surface area contributed by atoms with E-state index >= 15 is 0 Å². The van der Waals surface area contributed by atoms with Crippen molar-refractivity contribution in [1.82, 2.24) is 20.3 Å². The lowest BCUT2D eigenvalue weighted by molar-refractivity contribution is 0.0940. The number of nitrogens with zero attached hydrogens (tertiary/aromatic N) is 3. The van der Waals surface area contributed by atoms with Gasteiger partial charge in [0.2, 0.25) is 0 Å². The molecule has 2 aromatic rings. The number of nitrogens with two attached hydrogens (primary N) is 1. The monoisotopic (exact) mass is 335 g/mol. The van der Waals surface area contributed by atoms with E-state index in [1.54, 1.807) is 16.8 Å². The lowest BCUT2D eigenvalue weighted by Gasteiger charge is -2.18. The smallest absolute Gasteiger partial charge is 0.273 e. The molecule has 3 N–H and O–H groups in total. The normalized spacial score (nSPS) is 11.5. The molecular formula is C16H22ClN5O. The summed E-state index contributed by atoms with van der Waals surface area (Å²) >= 11 is 6.04. The quantitative estimate of drug-likeness (QED) is 0.848. The fraction of sp³-hybridized carbons (Fsp3) is 0.438. The third-order valence-corrected chi connectivity index (χ3v) is 3.46. The van der Waals surface area contributed by atoms with Crippen LogP contribution < -0.4 is 11.1 Å². The Balaban J connectivity index is 2.33. The van der Waals surface area contributed by atoms with Gasteiger partial charge < -0.3 is 11.1 Å². The van der Waals surface area contributed by atoms with Crippen molar-refractivity contribution in [2.45, 2.75) is 39.2 Å². The Hall–Kier alpha value is -1.92. The van der Waals surface area contributed by atoms with Crippen molar-refractivity contribution in [3.8, 4) is 5.69 Å². The van der Waals surface area contributed by atoms with Gasteiger partial charge in [-0.15, -0.1) is 5.10 Å². The number of carbonyl (C=O) groups is 1. The molecule has 0 bridgehead atoms. The van der Waals surface area contributed by atoms with Gasteiger partial charge in [-0.3, -0.25) is 4.79 Å². The molecule has 6 nitrogen and oxygen atoms in total. The molecule has 0 saturated carbocycles. The highest BCUT2D eigenvalue weighted by atomic mass is 35.5. The average Bonchev–Trinajstić information content (AvgIpc) is 2.88. The highest BCUT2D eigenvalue weighted by molar-refractivity contribution is 6.30. The number of halogens is 1. The molecule has 124 valence electrons. The second-order valence-corrected chi connectivity index (χ2v) is 6.63. The Morgan fingerprint density at radius 3 is 2.78 bits per heavy atom. The Morgan fingerprint density at radius 2 is 2.17 bits per heavy atom. The van der Waals surface area contributed by atoms with Crippen LogP contribution in [-0.4, -0.2) is 33.0 Å². The minimum Gasteiger partial charge on any atom is -0.349 e. The number of rotatable bonds is 6. The van der Waals surface area contributed by atoms with Crippen molar-refractivity contribution in [2.75, 3.05) is 6.54 Å². The van der Waals surface area contributed by atoms with Gasteiger partial charge in [-0.25, -0.2) is 4.68 Å². The van der Waals surface area contributed by atoms with Gasteiger partial charge >= 0.3 is 0 Å². The van der Waals surface area contributed by atoms with Gasteiger partial charge in [0.1, 0.15) is 0 Å². The molecule has 0 aliphatic heterocycles. The number of nitrogens with one attached hydrogen (secondary N) is 1. The first-order chi connectivity index (χ1) is 10.8. The predicted octanol–water partition coefficient (Wildman–Crippen LogP) is 2.34. The van der Waals surface area contributed by atoms with Crippen LogP contribution >= 0.6 is 11.6 Å². The van der Waals surface area contributed by atoms with Gasteiger partial charge in [0.15, 0.2) is 5.69 Å². The Bertz CT molecular complexity index is 690. The van der Waals surface area contributed by atoms with Crippen LogP contribution in [0.5, 0.6) is 0 Å². The van der Waals surface area contributed by atoms with E-state index in [0.29, 0.717) is 23.7 Å². The van der Waals surface area contributed by atoms with Crippen LogP contribution in [0.15, 0.2) is 24.3 Å². The summed E-state index contributed by atoms with van der Waals surface area (Å²) in [5.74, 6) is -0.264. The van der Waals surface area contributed by atoms with Gasteiger partial charge in [0.05, 0.1) is 11.4 Å². The van der Waals surface area contributed by atoms with E-state index < -0.39 is 5.54 Å². The fourth-order valence-electron chi connectivity index (χ4n) is 2.15. The summed E-state index contributed by atoms with van der Waals surface area (Å²) in [6, 6.07) is 7.30. The second-order valence-electron chi connectivity index (χ2n) is 6.20. The second kappa shape index (κ2) is 7.10. The first-order valence-electron chi connectivity index (χ1n) is 7.59. The van der Waals surface area contributed by atoms with Crippen LogP contribution in [0.2, 0.25) is 5.02 Å². The highest BCUT2D eigenvalue weighted by Crippen LogP contribution is 2.18. The third kappa shape index (κ3) is 4.53. The number of aromatic nitrogens is 3. The maximum Gasteiger partial charge on any atom is 0.273 e. The molecule has 23 heavy (non-hydrogen) atoms. The highest BCUT2D eigenvalue weighted by Gasteiger charge is 2.21. The maximum atomic E-state index is 12.4. The lowest BCUT2D eigenvalue weighted by Crippen LogP contribution is -2.45. The van der Waals surface area contributed by atoms with Gasteiger partial charge in [-0.1, -0.05) is 36.2 Å². The topological polar surface area (TPSA) is 85.8 Å². The van der Waals surface area contributed by atoms with Crippen LogP contribution in [0.3, 0.4) is 0 Å². The molecule has 1 amide bonds. The molecule has 0 radical (unpaired) electrons. The van der Waals surface area contributed by atoms with Crippen molar-refractivity contribution in [2.24, 2.45) is 5.73 Å². The van der Waals surface area contributed by atoms with Crippen LogP contribution in [0, 0.1) is 0 Å². The number of benzene rings is 1. The molecule has 0 saturated heterocycles. The zero-order valence-electron chi connectivity index (χ0n) is 13.6. The third-order valence-electron chi connectivity index (χ3n) is 3.22. The molecule has 0 unspecified atom stereocenters. The number of hydrogen-bond acceptors (Lipinski definition) is 4. The van der Waals surface area contributed by atoms with Crippen molar-refractivity contribution >= 4 is 17.5 Å². The molecule has 0 fully saturated rings. The summed E-state index contributed by atoms with van der Waals surface area (Å²) in [6.45, 7) is 6.10. The summed E-state index contributed by atoms with van der Waals surface area (Å²) in [6.07, 6.45) is 1.56. The summed E-state index contributed by atoms with van der Waals surface area (Å²) in [7, 11) is 0. The van der Waals surface area contributed by atoms with Gasteiger partial charge in [-0.05, 0) is 38.5 Å². The predicted molar refractivity (Wildman–Crippen MR) is 91.0 cm³/mol. The minimum absolute atomic E-state index is 0.264. The first-order valence-corrected chi connectivity index (χ1v) is 7.97. The van der Waals surface area contributed by atoms with Crippen LogP contribution in [0.1, 0.15) is 43.4 Å². The van der Waals surface area contributed by atoms with Gasteiger partial charge in [0.25, 0.3) is 5.91 Å². The Kier molecular flexibility index (Phi) is 5.38. The van der Waals surface area contributed by atoms with Crippen molar-refractivity contribution in [3.63, 3.8) is 0 Å². The molecular weight excluding hydrogens is 314 g/mol. The van der Waals surface area contributed by atoms with E-state index in [-0.39, 0.29) is 5.91 Å². The summed E-state index contributed by atoms with van der Waals surface area (Å²) in [5.41, 5.74) is 7.30. The standard InChI is InChI=1S/C16H22ClN5O/c1-4-6-13-14(15(23)19-10-16(2,3)18)20-21-22(13)12-8-5-7-11(17)9-12/h5,7-9H,4,6,10,18H2,1-3H3,(H,19,23). The molecule has 1 aromatic carbocycles. The molecule has 1 aromatic heterocycles. The van der Waals surface area contributed by atoms with E-state index in [0.717, 1.165) is 17.8 Å². The lowest BCUT2D eigenvalue weighted by atomic mass is 10.1. The fourth-order valence-corrected chi connectivity index (χ4v) is 2.33.